The van der Waals surface area contributed by atoms with Gasteiger partial charge < -0.3 is 5.32 Å². The van der Waals surface area contributed by atoms with Gasteiger partial charge in [0.2, 0.25) is 0 Å². The Labute approximate surface area is 122 Å². The van der Waals surface area contributed by atoms with Crippen LogP contribution in [0.3, 0.4) is 0 Å². The lowest BCUT2D eigenvalue weighted by Gasteiger charge is -2.33. The fourth-order valence-corrected chi connectivity index (χ4v) is 3.08. The molecule has 19 heavy (non-hydrogen) atoms. The second kappa shape index (κ2) is 5.10. The van der Waals surface area contributed by atoms with Crippen molar-refractivity contribution < 1.29 is 0 Å². The van der Waals surface area contributed by atoms with E-state index >= 15 is 0 Å². The van der Waals surface area contributed by atoms with E-state index in [1.165, 1.54) is 17.5 Å². The molecule has 0 spiro atoms. The lowest BCUT2D eigenvalue weighted by atomic mass is 9.83. The van der Waals surface area contributed by atoms with Crippen LogP contribution in [-0.2, 0) is 6.42 Å². The second-order valence-corrected chi connectivity index (χ2v) is 7.78. The minimum absolute atomic E-state index is 0.261. The van der Waals surface area contributed by atoms with Gasteiger partial charge in [-0.05, 0) is 46.9 Å². The molecule has 1 aromatic carbocycles. The highest BCUT2D eigenvalue weighted by Crippen LogP contribution is 2.46. The van der Waals surface area contributed by atoms with Crippen LogP contribution >= 0.6 is 11.6 Å². The molecule has 2 heteroatoms. The van der Waals surface area contributed by atoms with Gasteiger partial charge in [0.1, 0.15) is 0 Å². The average molecular weight is 280 g/mol. The molecule has 0 saturated carbocycles. The lowest BCUT2D eigenvalue weighted by molar-refractivity contribution is 0.228. The van der Waals surface area contributed by atoms with Crippen molar-refractivity contribution in [2.45, 2.75) is 53.5 Å². The summed E-state index contributed by atoms with van der Waals surface area (Å²) in [5.41, 5.74) is 3.44. The molecule has 0 fully saturated rings. The van der Waals surface area contributed by atoms with Crippen molar-refractivity contribution in [1.29, 1.82) is 0 Å². The van der Waals surface area contributed by atoms with Crippen LogP contribution in [0.5, 0.6) is 0 Å². The van der Waals surface area contributed by atoms with E-state index in [0.29, 0.717) is 11.5 Å². The second-order valence-electron chi connectivity index (χ2n) is 7.34. The SMILES string of the molecule is CCC(C)(C)CNC1c2cc(Cl)ccc2CC1(C)C. The van der Waals surface area contributed by atoms with Gasteiger partial charge in [0.05, 0.1) is 0 Å². The van der Waals surface area contributed by atoms with Crippen LogP contribution in [0, 0.1) is 10.8 Å². The first-order chi connectivity index (χ1) is 8.75. The Hall–Kier alpha value is -0.530. The summed E-state index contributed by atoms with van der Waals surface area (Å²) in [6.45, 7) is 12.6. The minimum atomic E-state index is 0.261. The fraction of sp³-hybridized carbons (Fsp3) is 0.647. The van der Waals surface area contributed by atoms with Crippen molar-refractivity contribution in [1.82, 2.24) is 5.32 Å². The molecular weight excluding hydrogens is 254 g/mol. The van der Waals surface area contributed by atoms with E-state index < -0.39 is 0 Å². The Morgan fingerprint density at radius 3 is 2.68 bits per heavy atom. The summed E-state index contributed by atoms with van der Waals surface area (Å²) in [5, 5.41) is 4.63. The molecule has 0 radical (unpaired) electrons. The van der Waals surface area contributed by atoms with E-state index in [9.17, 15) is 0 Å². The van der Waals surface area contributed by atoms with Crippen LogP contribution in [0.1, 0.15) is 58.2 Å². The Bertz CT molecular complexity index is 462. The Morgan fingerprint density at radius 1 is 1.37 bits per heavy atom. The number of halogens is 1. The minimum Gasteiger partial charge on any atom is -0.309 e. The van der Waals surface area contributed by atoms with E-state index in [-0.39, 0.29) is 5.41 Å². The molecule has 0 aliphatic heterocycles. The summed E-state index contributed by atoms with van der Waals surface area (Å²) >= 11 is 6.17. The zero-order valence-electron chi connectivity index (χ0n) is 12.8. The molecule has 1 N–H and O–H groups in total. The molecular formula is C17H26ClN. The highest BCUT2D eigenvalue weighted by molar-refractivity contribution is 6.30. The third kappa shape index (κ3) is 3.14. The largest absolute Gasteiger partial charge is 0.309 e. The molecule has 1 unspecified atom stereocenters. The van der Waals surface area contributed by atoms with E-state index in [2.05, 4.69) is 52.1 Å². The predicted molar refractivity (Wildman–Crippen MR) is 83.8 cm³/mol. The summed E-state index contributed by atoms with van der Waals surface area (Å²) in [7, 11) is 0. The number of rotatable bonds is 4. The molecule has 1 nitrogen and oxygen atoms in total. The summed E-state index contributed by atoms with van der Waals surface area (Å²) in [6, 6.07) is 6.75. The first-order valence-electron chi connectivity index (χ1n) is 7.27. The normalized spacial score (nSPS) is 21.5. The zero-order chi connectivity index (χ0) is 14.3. The Kier molecular flexibility index (Phi) is 3.99. The highest BCUT2D eigenvalue weighted by Gasteiger charge is 2.39. The van der Waals surface area contributed by atoms with Crippen LogP contribution in [0.15, 0.2) is 18.2 Å². The third-order valence-corrected chi connectivity index (χ3v) is 4.82. The average Bonchev–Trinajstić information content (AvgIpc) is 2.56. The molecule has 106 valence electrons. The topological polar surface area (TPSA) is 12.0 Å². The van der Waals surface area contributed by atoms with Gasteiger partial charge in [0.25, 0.3) is 0 Å². The van der Waals surface area contributed by atoms with Gasteiger partial charge in [0.15, 0.2) is 0 Å². The summed E-state index contributed by atoms with van der Waals surface area (Å²) in [4.78, 5) is 0. The molecule has 1 aliphatic carbocycles. The Balaban J connectivity index is 2.22. The number of fused-ring (bicyclic) bond motifs is 1. The van der Waals surface area contributed by atoms with Gasteiger partial charge in [0, 0.05) is 17.6 Å². The maximum atomic E-state index is 6.17. The fourth-order valence-electron chi connectivity index (χ4n) is 2.90. The van der Waals surface area contributed by atoms with Gasteiger partial charge in [-0.1, -0.05) is 52.3 Å². The highest BCUT2D eigenvalue weighted by atomic mass is 35.5. The van der Waals surface area contributed by atoms with Crippen molar-refractivity contribution in [2.24, 2.45) is 10.8 Å². The standard InChI is InChI=1S/C17H26ClN/c1-6-16(2,3)11-19-15-14-9-13(18)8-7-12(14)10-17(15,4)5/h7-9,15,19H,6,10-11H2,1-5H3. The summed E-state index contributed by atoms with van der Waals surface area (Å²) in [5.74, 6) is 0. The molecule has 0 heterocycles. The molecule has 0 aromatic heterocycles. The van der Waals surface area contributed by atoms with Crippen LogP contribution in [0.4, 0.5) is 0 Å². The monoisotopic (exact) mass is 279 g/mol. The first-order valence-corrected chi connectivity index (χ1v) is 7.65. The maximum Gasteiger partial charge on any atom is 0.0409 e. The molecule has 1 aliphatic rings. The molecule has 0 saturated heterocycles. The van der Waals surface area contributed by atoms with Gasteiger partial charge in [-0.2, -0.15) is 0 Å². The number of hydrogen-bond acceptors (Lipinski definition) is 1. The quantitative estimate of drug-likeness (QED) is 0.819. The van der Waals surface area contributed by atoms with Gasteiger partial charge in [-0.15, -0.1) is 0 Å². The van der Waals surface area contributed by atoms with Gasteiger partial charge >= 0.3 is 0 Å². The maximum absolute atomic E-state index is 6.17. The zero-order valence-corrected chi connectivity index (χ0v) is 13.6. The van der Waals surface area contributed by atoms with Crippen molar-refractivity contribution in [3.8, 4) is 0 Å². The smallest absolute Gasteiger partial charge is 0.0409 e. The van der Waals surface area contributed by atoms with E-state index in [0.717, 1.165) is 18.0 Å². The van der Waals surface area contributed by atoms with Crippen molar-refractivity contribution in [2.75, 3.05) is 6.54 Å². The number of nitrogens with one attached hydrogen (secondary N) is 1. The molecule has 1 atom stereocenters. The van der Waals surface area contributed by atoms with Crippen LogP contribution in [-0.4, -0.2) is 6.54 Å². The van der Waals surface area contributed by atoms with Gasteiger partial charge in [-0.3, -0.25) is 0 Å². The van der Waals surface area contributed by atoms with Gasteiger partial charge in [-0.25, -0.2) is 0 Å². The number of benzene rings is 1. The van der Waals surface area contributed by atoms with Crippen LogP contribution < -0.4 is 5.32 Å². The van der Waals surface area contributed by atoms with Crippen molar-refractivity contribution in [3.63, 3.8) is 0 Å². The first kappa shape index (κ1) is 14.9. The molecule has 0 amide bonds. The van der Waals surface area contributed by atoms with Crippen molar-refractivity contribution in [3.05, 3.63) is 34.3 Å². The van der Waals surface area contributed by atoms with E-state index in [1.807, 2.05) is 6.07 Å². The summed E-state index contributed by atoms with van der Waals surface area (Å²) in [6.07, 6.45) is 2.32. The molecule has 2 rings (SSSR count). The summed E-state index contributed by atoms with van der Waals surface area (Å²) < 4.78 is 0. The molecule has 0 bridgehead atoms. The Morgan fingerprint density at radius 2 is 2.05 bits per heavy atom. The lowest BCUT2D eigenvalue weighted by Crippen LogP contribution is -2.37. The van der Waals surface area contributed by atoms with E-state index in [4.69, 9.17) is 11.6 Å². The molecule has 1 aromatic rings. The predicted octanol–water partition coefficient (Wildman–Crippen LogP) is 4.99. The third-order valence-electron chi connectivity index (χ3n) is 4.59. The van der Waals surface area contributed by atoms with Crippen LogP contribution in [0.25, 0.3) is 0 Å². The van der Waals surface area contributed by atoms with Crippen LogP contribution in [0.2, 0.25) is 5.02 Å². The number of hydrogen-bond donors (Lipinski definition) is 1. The van der Waals surface area contributed by atoms with Crippen molar-refractivity contribution >= 4 is 11.6 Å². The van der Waals surface area contributed by atoms with E-state index in [1.54, 1.807) is 0 Å².